The second-order valence-corrected chi connectivity index (χ2v) is 5.36. The molecule has 13 heavy (non-hydrogen) atoms. The summed E-state index contributed by atoms with van der Waals surface area (Å²) in [4.78, 5) is 0. The molecule has 2 rings (SSSR count). The van der Waals surface area contributed by atoms with Crippen LogP contribution in [0.5, 0.6) is 0 Å². The summed E-state index contributed by atoms with van der Waals surface area (Å²) in [6.07, 6.45) is 10.6. The van der Waals surface area contributed by atoms with Crippen molar-refractivity contribution < 1.29 is 0 Å². The van der Waals surface area contributed by atoms with Crippen LogP contribution in [0, 0.1) is 23.7 Å². The fourth-order valence-corrected chi connectivity index (χ4v) is 3.93. The quantitative estimate of drug-likeness (QED) is 0.596. The van der Waals surface area contributed by atoms with E-state index in [1.807, 2.05) is 0 Å². The molecule has 76 valence electrons. The first-order valence-electron chi connectivity index (χ1n) is 6.33. The third-order valence-corrected chi connectivity index (χ3v) is 4.61. The molecule has 0 aromatic carbocycles. The summed E-state index contributed by atoms with van der Waals surface area (Å²) in [6.45, 7) is 4.85. The van der Waals surface area contributed by atoms with Gasteiger partial charge in [0.15, 0.2) is 0 Å². The van der Waals surface area contributed by atoms with Gasteiger partial charge in [-0.2, -0.15) is 0 Å². The second kappa shape index (κ2) is 4.02. The molecular formula is C13H24. The Balaban J connectivity index is 2.02. The third-order valence-electron chi connectivity index (χ3n) is 4.61. The topological polar surface area (TPSA) is 0 Å². The SMILES string of the molecule is CCCC1C(C)CCC2CCCC21. The summed E-state index contributed by atoms with van der Waals surface area (Å²) in [5.41, 5.74) is 0. The Kier molecular flexibility index (Phi) is 2.96. The van der Waals surface area contributed by atoms with Crippen LogP contribution in [-0.2, 0) is 0 Å². The summed E-state index contributed by atoms with van der Waals surface area (Å²) >= 11 is 0. The molecule has 2 fully saturated rings. The van der Waals surface area contributed by atoms with E-state index in [1.165, 1.54) is 25.7 Å². The second-order valence-electron chi connectivity index (χ2n) is 5.36. The lowest BCUT2D eigenvalue weighted by Gasteiger charge is -2.38. The predicted octanol–water partition coefficient (Wildman–Crippen LogP) is 4.25. The van der Waals surface area contributed by atoms with Crippen LogP contribution in [0.4, 0.5) is 0 Å². The first-order valence-corrected chi connectivity index (χ1v) is 6.33. The first-order chi connectivity index (χ1) is 6.33. The minimum atomic E-state index is 1.03. The third kappa shape index (κ3) is 1.78. The van der Waals surface area contributed by atoms with Gasteiger partial charge in [0.1, 0.15) is 0 Å². The highest BCUT2D eigenvalue weighted by Gasteiger charge is 2.38. The zero-order chi connectivity index (χ0) is 9.26. The molecule has 0 N–H and O–H groups in total. The van der Waals surface area contributed by atoms with E-state index in [0.717, 1.165) is 23.7 Å². The molecule has 2 aliphatic carbocycles. The summed E-state index contributed by atoms with van der Waals surface area (Å²) in [7, 11) is 0. The van der Waals surface area contributed by atoms with E-state index in [4.69, 9.17) is 0 Å². The molecule has 0 aromatic rings. The Hall–Kier alpha value is 0. The van der Waals surface area contributed by atoms with E-state index in [1.54, 1.807) is 19.3 Å². The van der Waals surface area contributed by atoms with Crippen LogP contribution in [0.15, 0.2) is 0 Å². The smallest absolute Gasteiger partial charge is 0.0355 e. The Morgan fingerprint density at radius 2 is 1.92 bits per heavy atom. The van der Waals surface area contributed by atoms with Gasteiger partial charge in [-0.05, 0) is 36.5 Å². The van der Waals surface area contributed by atoms with Gasteiger partial charge in [-0.15, -0.1) is 0 Å². The van der Waals surface area contributed by atoms with Crippen molar-refractivity contribution in [3.05, 3.63) is 0 Å². The predicted molar refractivity (Wildman–Crippen MR) is 57.6 cm³/mol. The maximum absolute atomic E-state index is 2.49. The van der Waals surface area contributed by atoms with E-state index in [2.05, 4.69) is 13.8 Å². The normalized spacial score (nSPS) is 44.8. The number of rotatable bonds is 2. The molecule has 0 aromatic heterocycles. The van der Waals surface area contributed by atoms with Crippen LogP contribution in [0.1, 0.15) is 58.8 Å². The monoisotopic (exact) mass is 180 g/mol. The van der Waals surface area contributed by atoms with Crippen molar-refractivity contribution in [1.29, 1.82) is 0 Å². The highest BCUT2D eigenvalue weighted by molar-refractivity contribution is 4.89. The van der Waals surface area contributed by atoms with Gasteiger partial charge in [-0.3, -0.25) is 0 Å². The largest absolute Gasteiger partial charge is 0.0654 e. The lowest BCUT2D eigenvalue weighted by atomic mass is 9.67. The molecule has 4 unspecified atom stereocenters. The maximum atomic E-state index is 2.49. The number of fused-ring (bicyclic) bond motifs is 1. The van der Waals surface area contributed by atoms with E-state index < -0.39 is 0 Å². The highest BCUT2D eigenvalue weighted by Crippen LogP contribution is 2.49. The van der Waals surface area contributed by atoms with Crippen LogP contribution in [0.3, 0.4) is 0 Å². The zero-order valence-corrected chi connectivity index (χ0v) is 9.26. The summed E-state index contributed by atoms with van der Waals surface area (Å²) in [5.74, 6) is 4.38. The zero-order valence-electron chi connectivity index (χ0n) is 9.26. The molecule has 0 nitrogen and oxygen atoms in total. The minimum absolute atomic E-state index is 1.03. The molecule has 2 saturated carbocycles. The average Bonchev–Trinajstić information content (AvgIpc) is 2.58. The van der Waals surface area contributed by atoms with Crippen molar-refractivity contribution in [3.8, 4) is 0 Å². The van der Waals surface area contributed by atoms with Gasteiger partial charge in [-0.25, -0.2) is 0 Å². The molecule has 0 bridgehead atoms. The van der Waals surface area contributed by atoms with Gasteiger partial charge in [0.2, 0.25) is 0 Å². The van der Waals surface area contributed by atoms with Crippen molar-refractivity contribution in [2.45, 2.75) is 58.8 Å². The molecule has 4 atom stereocenters. The van der Waals surface area contributed by atoms with Crippen molar-refractivity contribution in [2.75, 3.05) is 0 Å². The van der Waals surface area contributed by atoms with Gasteiger partial charge >= 0.3 is 0 Å². The average molecular weight is 180 g/mol. The molecule has 2 aliphatic rings. The fourth-order valence-electron chi connectivity index (χ4n) is 3.93. The number of hydrogen-bond acceptors (Lipinski definition) is 0. The molecular weight excluding hydrogens is 156 g/mol. The van der Waals surface area contributed by atoms with Crippen molar-refractivity contribution in [2.24, 2.45) is 23.7 Å². The molecule has 0 heteroatoms. The molecule has 0 spiro atoms. The van der Waals surface area contributed by atoms with Crippen LogP contribution in [0.2, 0.25) is 0 Å². The molecule has 0 radical (unpaired) electrons. The summed E-state index contributed by atoms with van der Waals surface area (Å²) in [5, 5.41) is 0. The van der Waals surface area contributed by atoms with Crippen LogP contribution >= 0.6 is 0 Å². The summed E-state index contributed by atoms with van der Waals surface area (Å²) < 4.78 is 0. The van der Waals surface area contributed by atoms with Gasteiger partial charge < -0.3 is 0 Å². The molecule has 0 amide bonds. The standard InChI is InChI=1S/C13H24/c1-3-5-12-10(2)8-9-11-6-4-7-13(11)12/h10-13H,3-9H2,1-2H3. The Labute approximate surface area is 83.1 Å². The number of hydrogen-bond donors (Lipinski definition) is 0. The van der Waals surface area contributed by atoms with Gasteiger partial charge in [0, 0.05) is 0 Å². The van der Waals surface area contributed by atoms with E-state index in [0.29, 0.717) is 0 Å². The van der Waals surface area contributed by atoms with Crippen molar-refractivity contribution >= 4 is 0 Å². The minimum Gasteiger partial charge on any atom is -0.0654 e. The van der Waals surface area contributed by atoms with Crippen LogP contribution < -0.4 is 0 Å². The maximum Gasteiger partial charge on any atom is -0.0355 e. The fraction of sp³-hybridized carbons (Fsp3) is 1.00. The Morgan fingerprint density at radius 3 is 2.69 bits per heavy atom. The molecule has 0 heterocycles. The van der Waals surface area contributed by atoms with Gasteiger partial charge in [-0.1, -0.05) is 46.0 Å². The van der Waals surface area contributed by atoms with Crippen molar-refractivity contribution in [1.82, 2.24) is 0 Å². The lowest BCUT2D eigenvalue weighted by Crippen LogP contribution is -2.30. The summed E-state index contributed by atoms with van der Waals surface area (Å²) in [6, 6.07) is 0. The Morgan fingerprint density at radius 1 is 1.08 bits per heavy atom. The lowest BCUT2D eigenvalue weighted by molar-refractivity contribution is 0.113. The van der Waals surface area contributed by atoms with E-state index >= 15 is 0 Å². The van der Waals surface area contributed by atoms with Crippen LogP contribution in [-0.4, -0.2) is 0 Å². The van der Waals surface area contributed by atoms with Crippen molar-refractivity contribution in [3.63, 3.8) is 0 Å². The van der Waals surface area contributed by atoms with E-state index in [9.17, 15) is 0 Å². The molecule has 0 saturated heterocycles. The Bertz CT molecular complexity index is 161. The van der Waals surface area contributed by atoms with E-state index in [-0.39, 0.29) is 0 Å². The molecule has 0 aliphatic heterocycles. The first kappa shape index (κ1) is 9.55. The van der Waals surface area contributed by atoms with Crippen LogP contribution in [0.25, 0.3) is 0 Å². The van der Waals surface area contributed by atoms with Gasteiger partial charge in [0.05, 0.1) is 0 Å². The van der Waals surface area contributed by atoms with Gasteiger partial charge in [0.25, 0.3) is 0 Å². The highest BCUT2D eigenvalue weighted by atomic mass is 14.4.